The number of nitrogens with one attached hydrogen (secondary N) is 2. The standard InChI is InChI=1S/C18H39N5O.HI/c1-7-22(16(4)5)9-8-20-18(19-6)21-14-17(15(2)3)23-10-12-24-13-11-23;/h15-17H,7-14H2,1-6H3,(H2,19,20,21);1H. The SMILES string of the molecule is CCN(CCNC(=NC)NCC(C(C)C)N1CCOCC1)C(C)C.I. The summed E-state index contributed by atoms with van der Waals surface area (Å²) in [5.74, 6) is 1.50. The molecule has 0 aromatic heterocycles. The highest BCUT2D eigenvalue weighted by molar-refractivity contribution is 14.0. The minimum absolute atomic E-state index is 0. The lowest BCUT2D eigenvalue weighted by atomic mass is 10.0. The number of hydrogen-bond acceptors (Lipinski definition) is 4. The molecular formula is C18H40IN5O. The summed E-state index contributed by atoms with van der Waals surface area (Å²) >= 11 is 0. The molecule has 1 atom stereocenters. The van der Waals surface area contributed by atoms with Gasteiger partial charge in [-0.3, -0.25) is 14.8 Å². The van der Waals surface area contributed by atoms with E-state index in [1.807, 2.05) is 7.05 Å². The Morgan fingerprint density at radius 3 is 2.28 bits per heavy atom. The number of ether oxygens (including phenoxy) is 1. The highest BCUT2D eigenvalue weighted by Crippen LogP contribution is 2.12. The summed E-state index contributed by atoms with van der Waals surface area (Å²) < 4.78 is 5.48. The Morgan fingerprint density at radius 1 is 1.16 bits per heavy atom. The molecule has 150 valence electrons. The van der Waals surface area contributed by atoms with E-state index in [0.717, 1.165) is 58.4 Å². The van der Waals surface area contributed by atoms with Crippen LogP contribution in [0.5, 0.6) is 0 Å². The van der Waals surface area contributed by atoms with E-state index in [9.17, 15) is 0 Å². The van der Waals surface area contributed by atoms with Crippen molar-refractivity contribution in [2.24, 2.45) is 10.9 Å². The Morgan fingerprint density at radius 2 is 1.80 bits per heavy atom. The molecule has 1 saturated heterocycles. The third-order valence-corrected chi connectivity index (χ3v) is 4.81. The lowest BCUT2D eigenvalue weighted by Crippen LogP contribution is -2.53. The highest BCUT2D eigenvalue weighted by Gasteiger charge is 2.23. The number of halogens is 1. The fourth-order valence-electron chi connectivity index (χ4n) is 3.22. The van der Waals surface area contributed by atoms with Crippen LogP contribution in [0.3, 0.4) is 0 Å². The number of rotatable bonds is 9. The molecule has 1 rings (SSSR count). The van der Waals surface area contributed by atoms with Crippen molar-refractivity contribution in [1.82, 2.24) is 20.4 Å². The molecular weight excluding hydrogens is 429 g/mol. The maximum absolute atomic E-state index is 5.48. The molecule has 0 bridgehead atoms. The second-order valence-electron chi connectivity index (χ2n) is 7.06. The molecule has 0 radical (unpaired) electrons. The molecule has 0 spiro atoms. The quantitative estimate of drug-likeness (QED) is 0.307. The van der Waals surface area contributed by atoms with Gasteiger partial charge >= 0.3 is 0 Å². The van der Waals surface area contributed by atoms with E-state index >= 15 is 0 Å². The van der Waals surface area contributed by atoms with Gasteiger partial charge < -0.3 is 15.4 Å². The molecule has 25 heavy (non-hydrogen) atoms. The molecule has 2 N–H and O–H groups in total. The Kier molecular flexibility index (Phi) is 13.9. The fourth-order valence-corrected chi connectivity index (χ4v) is 3.22. The Bertz CT molecular complexity index is 359. The van der Waals surface area contributed by atoms with Crippen LogP contribution in [0.2, 0.25) is 0 Å². The fraction of sp³-hybridized carbons (Fsp3) is 0.944. The van der Waals surface area contributed by atoms with E-state index in [-0.39, 0.29) is 24.0 Å². The molecule has 0 amide bonds. The van der Waals surface area contributed by atoms with Crippen molar-refractivity contribution < 1.29 is 4.74 Å². The van der Waals surface area contributed by atoms with Gasteiger partial charge in [0, 0.05) is 51.9 Å². The molecule has 6 nitrogen and oxygen atoms in total. The lowest BCUT2D eigenvalue weighted by molar-refractivity contribution is 0.00752. The van der Waals surface area contributed by atoms with Gasteiger partial charge in [0.05, 0.1) is 13.2 Å². The highest BCUT2D eigenvalue weighted by atomic mass is 127. The molecule has 0 aromatic rings. The zero-order valence-corrected chi connectivity index (χ0v) is 19.4. The molecule has 0 saturated carbocycles. The van der Waals surface area contributed by atoms with Crippen LogP contribution in [-0.2, 0) is 4.74 Å². The minimum atomic E-state index is 0. The number of guanidine groups is 1. The lowest BCUT2D eigenvalue weighted by Gasteiger charge is -2.37. The summed E-state index contributed by atoms with van der Waals surface area (Å²) in [7, 11) is 1.84. The van der Waals surface area contributed by atoms with Crippen LogP contribution in [0.4, 0.5) is 0 Å². The first-order chi connectivity index (χ1) is 11.5. The molecule has 0 aliphatic carbocycles. The van der Waals surface area contributed by atoms with Crippen LogP contribution in [0.1, 0.15) is 34.6 Å². The average molecular weight is 469 g/mol. The summed E-state index contributed by atoms with van der Waals surface area (Å²) in [6, 6.07) is 1.09. The van der Waals surface area contributed by atoms with Crippen LogP contribution in [0.15, 0.2) is 4.99 Å². The second-order valence-corrected chi connectivity index (χ2v) is 7.06. The van der Waals surface area contributed by atoms with Crippen LogP contribution < -0.4 is 10.6 Å². The normalized spacial score (nSPS) is 17.7. The van der Waals surface area contributed by atoms with E-state index in [1.165, 1.54) is 0 Å². The van der Waals surface area contributed by atoms with Crippen molar-refractivity contribution in [3.05, 3.63) is 0 Å². The number of hydrogen-bond donors (Lipinski definition) is 2. The van der Waals surface area contributed by atoms with Gasteiger partial charge in [-0.25, -0.2) is 0 Å². The van der Waals surface area contributed by atoms with E-state index in [2.05, 4.69) is 60.0 Å². The predicted octanol–water partition coefficient (Wildman–Crippen LogP) is 1.86. The maximum Gasteiger partial charge on any atom is 0.191 e. The first-order valence-electron chi connectivity index (χ1n) is 9.49. The number of aliphatic imine (C=N–C) groups is 1. The zero-order valence-electron chi connectivity index (χ0n) is 17.0. The summed E-state index contributed by atoms with van der Waals surface area (Å²) in [5.41, 5.74) is 0. The Balaban J connectivity index is 0.00000576. The van der Waals surface area contributed by atoms with E-state index in [1.54, 1.807) is 0 Å². The van der Waals surface area contributed by atoms with Crippen LogP contribution in [0.25, 0.3) is 0 Å². The van der Waals surface area contributed by atoms with Gasteiger partial charge in [-0.15, -0.1) is 24.0 Å². The largest absolute Gasteiger partial charge is 0.379 e. The van der Waals surface area contributed by atoms with Crippen molar-refractivity contribution in [2.45, 2.75) is 46.7 Å². The van der Waals surface area contributed by atoms with Gasteiger partial charge in [0.25, 0.3) is 0 Å². The molecule has 1 fully saturated rings. The number of likely N-dealkylation sites (N-methyl/N-ethyl adjacent to an activating group) is 1. The smallest absolute Gasteiger partial charge is 0.191 e. The Hall–Kier alpha value is -0.120. The molecule has 0 aromatic carbocycles. The Labute approximate surface area is 172 Å². The van der Waals surface area contributed by atoms with Crippen molar-refractivity contribution in [3.63, 3.8) is 0 Å². The average Bonchev–Trinajstić information content (AvgIpc) is 2.57. The van der Waals surface area contributed by atoms with Crippen LogP contribution in [0, 0.1) is 5.92 Å². The van der Waals surface area contributed by atoms with Crippen molar-refractivity contribution in [3.8, 4) is 0 Å². The van der Waals surface area contributed by atoms with Gasteiger partial charge in [-0.1, -0.05) is 20.8 Å². The van der Waals surface area contributed by atoms with Gasteiger partial charge in [0.1, 0.15) is 0 Å². The monoisotopic (exact) mass is 469 g/mol. The second kappa shape index (κ2) is 14.0. The van der Waals surface area contributed by atoms with E-state index in [0.29, 0.717) is 18.0 Å². The summed E-state index contributed by atoms with van der Waals surface area (Å²) in [6.45, 7) is 19.0. The van der Waals surface area contributed by atoms with Crippen LogP contribution in [-0.4, -0.2) is 87.4 Å². The molecule has 1 unspecified atom stereocenters. The zero-order chi connectivity index (χ0) is 17.9. The third-order valence-electron chi connectivity index (χ3n) is 4.81. The van der Waals surface area contributed by atoms with E-state index < -0.39 is 0 Å². The first kappa shape index (κ1) is 24.9. The third kappa shape index (κ3) is 9.40. The molecule has 1 aliphatic rings. The molecule has 1 aliphatic heterocycles. The van der Waals surface area contributed by atoms with Gasteiger partial charge in [-0.05, 0) is 26.3 Å². The summed E-state index contributed by atoms with van der Waals surface area (Å²) in [4.78, 5) is 9.35. The van der Waals surface area contributed by atoms with Crippen molar-refractivity contribution >= 4 is 29.9 Å². The number of nitrogens with zero attached hydrogens (tertiary/aromatic N) is 3. The number of morpholine rings is 1. The predicted molar refractivity (Wildman–Crippen MR) is 118 cm³/mol. The minimum Gasteiger partial charge on any atom is -0.379 e. The summed E-state index contributed by atoms with van der Waals surface area (Å²) in [6.07, 6.45) is 0. The van der Waals surface area contributed by atoms with Crippen molar-refractivity contribution in [2.75, 3.05) is 59.5 Å². The summed E-state index contributed by atoms with van der Waals surface area (Å²) in [5, 5.41) is 6.95. The van der Waals surface area contributed by atoms with Crippen molar-refractivity contribution in [1.29, 1.82) is 0 Å². The van der Waals surface area contributed by atoms with Gasteiger partial charge in [0.15, 0.2) is 5.96 Å². The van der Waals surface area contributed by atoms with Gasteiger partial charge in [-0.2, -0.15) is 0 Å². The van der Waals surface area contributed by atoms with Gasteiger partial charge in [0.2, 0.25) is 0 Å². The molecule has 7 heteroatoms. The van der Waals surface area contributed by atoms with Crippen LogP contribution >= 0.6 is 24.0 Å². The maximum atomic E-state index is 5.48. The topological polar surface area (TPSA) is 52.1 Å². The van der Waals surface area contributed by atoms with E-state index in [4.69, 9.17) is 4.74 Å². The molecule has 1 heterocycles. The first-order valence-corrected chi connectivity index (χ1v) is 9.49.